The summed E-state index contributed by atoms with van der Waals surface area (Å²) < 4.78 is 34.4. The molecule has 0 aromatic rings. The van der Waals surface area contributed by atoms with Crippen LogP contribution in [0.2, 0.25) is 0 Å². The summed E-state index contributed by atoms with van der Waals surface area (Å²) >= 11 is 0. The number of hydrogen-bond acceptors (Lipinski definition) is 6. The largest absolute Gasteiger partial charge is 0.498 e. The average molecular weight is 663 g/mol. The van der Waals surface area contributed by atoms with Gasteiger partial charge in [0.1, 0.15) is 19.8 Å². The highest BCUT2D eigenvalue weighted by Gasteiger charge is 2.26. The Morgan fingerprint density at radius 2 is 1.16 bits per heavy atom. The first-order chi connectivity index (χ1) is 21.6. The molecule has 8 nitrogen and oxygen atoms in total. The van der Waals surface area contributed by atoms with Crippen LogP contribution in [0, 0.1) is 0 Å². The number of phosphoric ester groups is 1. The van der Waals surface area contributed by atoms with Crippen molar-refractivity contribution in [1.29, 1.82) is 0 Å². The zero-order chi connectivity index (χ0) is 33.5. The van der Waals surface area contributed by atoms with Gasteiger partial charge in [0.15, 0.2) is 6.10 Å². The predicted octanol–water partition coefficient (Wildman–Crippen LogP) is 10.3. The van der Waals surface area contributed by atoms with Crippen molar-refractivity contribution >= 4 is 13.8 Å². The lowest BCUT2D eigenvalue weighted by Crippen LogP contribution is -2.37. The average Bonchev–Trinajstić information content (AvgIpc) is 2.98. The van der Waals surface area contributed by atoms with Crippen LogP contribution in [0.4, 0.5) is 0 Å². The molecule has 0 aliphatic carbocycles. The number of esters is 1. The zero-order valence-electron chi connectivity index (χ0n) is 30.1. The van der Waals surface area contributed by atoms with Gasteiger partial charge in [-0.15, -0.1) is 0 Å². The van der Waals surface area contributed by atoms with Crippen molar-refractivity contribution in [2.24, 2.45) is 0 Å². The van der Waals surface area contributed by atoms with Crippen molar-refractivity contribution in [2.75, 3.05) is 47.5 Å². The quantitative estimate of drug-likeness (QED) is 0.0241. The minimum atomic E-state index is -4.27. The van der Waals surface area contributed by atoms with E-state index in [1.54, 1.807) is 6.26 Å². The predicted molar refractivity (Wildman–Crippen MR) is 187 cm³/mol. The second-order valence-electron chi connectivity index (χ2n) is 13.7. The van der Waals surface area contributed by atoms with Gasteiger partial charge in [-0.3, -0.25) is 13.8 Å². The number of likely N-dealkylation sites (N-methyl/N-ethyl adjacent to an activating group) is 1. The molecule has 0 saturated carbocycles. The Morgan fingerprint density at radius 1 is 0.689 bits per heavy atom. The van der Waals surface area contributed by atoms with Gasteiger partial charge in [0.05, 0.1) is 34.0 Å². The molecule has 45 heavy (non-hydrogen) atoms. The summed E-state index contributed by atoms with van der Waals surface area (Å²) in [5.74, 6) is -0.342. The Hall–Kier alpha value is -0.920. The van der Waals surface area contributed by atoms with Crippen molar-refractivity contribution in [3.63, 3.8) is 0 Å². The molecule has 1 unspecified atom stereocenters. The Bertz CT molecular complexity index is 741. The summed E-state index contributed by atoms with van der Waals surface area (Å²) in [4.78, 5) is 22.6. The minimum Gasteiger partial charge on any atom is -0.498 e. The van der Waals surface area contributed by atoms with Crippen LogP contribution in [0.1, 0.15) is 162 Å². The summed E-state index contributed by atoms with van der Waals surface area (Å²) in [6.45, 7) is 4.89. The molecule has 0 amide bonds. The number of quaternary nitrogens is 1. The van der Waals surface area contributed by atoms with Crippen molar-refractivity contribution in [1.82, 2.24) is 0 Å². The summed E-state index contributed by atoms with van der Waals surface area (Å²) in [6.07, 6.45) is 30.6. The SMILES string of the molecule is CCCCCCCCCCCCCCCC/C=C/OC[C@@H](COP(=O)(O)OCC[N+](C)(C)C)OC(=O)CCCCCCCCC. The van der Waals surface area contributed by atoms with E-state index < -0.39 is 13.9 Å². The molecular weight excluding hydrogens is 589 g/mol. The fourth-order valence-electron chi connectivity index (χ4n) is 4.99. The third kappa shape index (κ3) is 34.2. The summed E-state index contributed by atoms with van der Waals surface area (Å²) in [7, 11) is 1.64. The molecule has 0 aromatic carbocycles. The maximum atomic E-state index is 12.5. The number of rotatable bonds is 34. The van der Waals surface area contributed by atoms with E-state index in [-0.39, 0.29) is 25.8 Å². The van der Waals surface area contributed by atoms with Crippen LogP contribution >= 0.6 is 7.82 Å². The first-order valence-corrected chi connectivity index (χ1v) is 20.0. The normalized spacial score (nSPS) is 14.1. The summed E-state index contributed by atoms with van der Waals surface area (Å²) in [6, 6.07) is 0. The highest BCUT2D eigenvalue weighted by Crippen LogP contribution is 2.43. The van der Waals surface area contributed by atoms with Gasteiger partial charge in [0.25, 0.3) is 0 Å². The summed E-state index contributed by atoms with van der Waals surface area (Å²) in [5.41, 5.74) is 0. The molecule has 0 rings (SSSR count). The second kappa shape index (κ2) is 30.4. The molecule has 0 bridgehead atoms. The topological polar surface area (TPSA) is 91.3 Å². The zero-order valence-corrected chi connectivity index (χ0v) is 31.0. The molecule has 1 N–H and O–H groups in total. The van der Waals surface area contributed by atoms with Gasteiger partial charge in [-0.2, -0.15) is 0 Å². The van der Waals surface area contributed by atoms with Crippen LogP contribution in [0.5, 0.6) is 0 Å². The first-order valence-electron chi connectivity index (χ1n) is 18.5. The molecule has 0 aromatic heterocycles. The van der Waals surface area contributed by atoms with E-state index in [4.69, 9.17) is 18.5 Å². The van der Waals surface area contributed by atoms with Crippen LogP contribution in [0.25, 0.3) is 0 Å². The van der Waals surface area contributed by atoms with Gasteiger partial charge < -0.3 is 18.9 Å². The van der Waals surface area contributed by atoms with Gasteiger partial charge in [0.2, 0.25) is 0 Å². The fraction of sp³-hybridized carbons (Fsp3) is 0.917. The maximum Gasteiger partial charge on any atom is 0.472 e. The molecule has 0 saturated heterocycles. The van der Waals surface area contributed by atoms with E-state index in [2.05, 4.69) is 13.8 Å². The lowest BCUT2D eigenvalue weighted by molar-refractivity contribution is -0.870. The number of phosphoric acid groups is 1. The van der Waals surface area contributed by atoms with Gasteiger partial charge >= 0.3 is 13.8 Å². The van der Waals surface area contributed by atoms with Crippen molar-refractivity contribution in [2.45, 2.75) is 168 Å². The lowest BCUT2D eigenvalue weighted by atomic mass is 10.0. The number of ether oxygens (including phenoxy) is 2. The first kappa shape index (κ1) is 44.1. The third-order valence-electron chi connectivity index (χ3n) is 7.92. The molecule has 0 fully saturated rings. The van der Waals surface area contributed by atoms with Gasteiger partial charge in [0, 0.05) is 6.42 Å². The van der Waals surface area contributed by atoms with Crippen LogP contribution in [0.3, 0.4) is 0 Å². The molecular formula is C36H73NO7P+. The highest BCUT2D eigenvalue weighted by molar-refractivity contribution is 7.47. The Morgan fingerprint density at radius 3 is 1.64 bits per heavy atom. The molecule has 9 heteroatoms. The van der Waals surface area contributed by atoms with Crippen LogP contribution < -0.4 is 0 Å². The monoisotopic (exact) mass is 663 g/mol. The number of hydrogen-bond donors (Lipinski definition) is 1. The molecule has 0 heterocycles. The molecule has 268 valence electrons. The van der Waals surface area contributed by atoms with E-state index >= 15 is 0 Å². The van der Waals surface area contributed by atoms with E-state index in [9.17, 15) is 14.3 Å². The summed E-state index contributed by atoms with van der Waals surface area (Å²) in [5, 5.41) is 0. The van der Waals surface area contributed by atoms with Crippen molar-refractivity contribution < 1.29 is 37.3 Å². The van der Waals surface area contributed by atoms with Crippen LogP contribution in [0.15, 0.2) is 12.3 Å². The third-order valence-corrected chi connectivity index (χ3v) is 8.91. The number of carbonyl (C=O) groups excluding carboxylic acids is 1. The Balaban J connectivity index is 4.25. The van der Waals surface area contributed by atoms with Crippen molar-refractivity contribution in [3.05, 3.63) is 12.3 Å². The Labute approximate surface area is 278 Å². The van der Waals surface area contributed by atoms with Gasteiger partial charge in [-0.05, 0) is 25.3 Å². The maximum absolute atomic E-state index is 12.5. The van der Waals surface area contributed by atoms with Crippen LogP contribution in [-0.2, 0) is 27.9 Å². The number of allylic oxidation sites excluding steroid dienone is 1. The standard InChI is InChI=1S/C36H72NO7P/c1-6-8-10-12-14-15-16-17-18-19-20-21-22-24-26-28-31-41-33-35(34-43-45(39,40)42-32-30-37(3,4)5)44-36(38)29-27-25-23-13-11-9-7-2/h28,31,35H,6-27,29-30,32-34H2,1-5H3/p+1/b31-28+/t35-/m0/s1. The number of unbranched alkanes of at least 4 members (excludes halogenated alkanes) is 20. The molecule has 0 radical (unpaired) electrons. The molecule has 0 aliphatic heterocycles. The van der Waals surface area contributed by atoms with Crippen LogP contribution in [-0.4, -0.2) is 69.0 Å². The van der Waals surface area contributed by atoms with E-state index in [0.29, 0.717) is 17.4 Å². The van der Waals surface area contributed by atoms with Gasteiger partial charge in [-0.1, -0.05) is 136 Å². The van der Waals surface area contributed by atoms with E-state index in [1.807, 2.05) is 27.2 Å². The molecule has 0 aliphatic rings. The highest BCUT2D eigenvalue weighted by atomic mass is 31.2. The smallest absolute Gasteiger partial charge is 0.472 e. The lowest BCUT2D eigenvalue weighted by Gasteiger charge is -2.24. The van der Waals surface area contributed by atoms with E-state index in [1.165, 1.54) is 109 Å². The fourth-order valence-corrected chi connectivity index (χ4v) is 5.73. The minimum absolute atomic E-state index is 0.0525. The number of carbonyl (C=O) groups is 1. The molecule has 0 spiro atoms. The second-order valence-corrected chi connectivity index (χ2v) is 15.1. The van der Waals surface area contributed by atoms with E-state index in [0.717, 1.165) is 32.1 Å². The van der Waals surface area contributed by atoms with Crippen molar-refractivity contribution in [3.8, 4) is 0 Å². The Kier molecular flexibility index (Phi) is 29.8. The number of nitrogens with zero attached hydrogens (tertiary/aromatic N) is 1. The van der Waals surface area contributed by atoms with Gasteiger partial charge in [-0.25, -0.2) is 4.57 Å². The molecule has 2 atom stereocenters.